The van der Waals surface area contributed by atoms with Crippen molar-refractivity contribution in [3.63, 3.8) is 0 Å². The van der Waals surface area contributed by atoms with E-state index in [0.717, 1.165) is 12.0 Å². The lowest BCUT2D eigenvalue weighted by molar-refractivity contribution is -0.132. The maximum absolute atomic E-state index is 12.4. The normalized spacial score (nSPS) is 18.9. The number of carbonyl (C=O) groups excluding carboxylic acids is 2. The van der Waals surface area contributed by atoms with Crippen molar-refractivity contribution < 1.29 is 14.7 Å². The fraction of sp³-hybridized carbons (Fsp3) is 0.556. The molecule has 23 heavy (non-hydrogen) atoms. The van der Waals surface area contributed by atoms with Crippen molar-refractivity contribution in [1.29, 1.82) is 0 Å². The number of amides is 2. The highest BCUT2D eigenvalue weighted by molar-refractivity contribution is 5.94. The van der Waals surface area contributed by atoms with Gasteiger partial charge in [-0.3, -0.25) is 9.59 Å². The second kappa shape index (κ2) is 7.13. The number of hydrogen-bond donors (Lipinski definition) is 2. The summed E-state index contributed by atoms with van der Waals surface area (Å²) in [5.41, 5.74) is 0.950. The number of likely N-dealkylation sites (tertiary alicyclic amines) is 1. The molecule has 2 rings (SSSR count). The third kappa shape index (κ3) is 5.36. The van der Waals surface area contributed by atoms with Crippen LogP contribution in [0, 0.1) is 0 Å². The molecule has 0 radical (unpaired) electrons. The zero-order valence-corrected chi connectivity index (χ0v) is 14.1. The standard InChI is InChI=1S/C18H26N2O3/c1-18(2,23)10-9-13-5-4-6-14(11-13)17(22)19-15-7-8-16(21)20(3)12-15/h4-6,11,15,23H,7-10,12H2,1-3H3,(H,19,22)/t15-/m0/s1. The molecule has 1 saturated heterocycles. The lowest BCUT2D eigenvalue weighted by Gasteiger charge is -2.30. The van der Waals surface area contributed by atoms with Gasteiger partial charge in [0.25, 0.3) is 5.91 Å². The van der Waals surface area contributed by atoms with Crippen LogP contribution in [0.3, 0.4) is 0 Å². The predicted molar refractivity (Wildman–Crippen MR) is 89.2 cm³/mol. The number of piperidine rings is 1. The Kier molecular flexibility index (Phi) is 5.42. The second-order valence-corrected chi connectivity index (χ2v) is 7.00. The van der Waals surface area contributed by atoms with Gasteiger partial charge in [0.2, 0.25) is 5.91 Å². The molecule has 1 heterocycles. The van der Waals surface area contributed by atoms with Crippen LogP contribution in [0.2, 0.25) is 0 Å². The van der Waals surface area contributed by atoms with E-state index in [9.17, 15) is 14.7 Å². The summed E-state index contributed by atoms with van der Waals surface area (Å²) in [5.74, 6) is 0.0203. The number of aryl methyl sites for hydroxylation is 1. The summed E-state index contributed by atoms with van der Waals surface area (Å²) in [5, 5.41) is 12.8. The number of carbonyl (C=O) groups is 2. The van der Waals surface area contributed by atoms with Crippen molar-refractivity contribution in [2.75, 3.05) is 13.6 Å². The molecule has 1 aliphatic heterocycles. The van der Waals surface area contributed by atoms with Gasteiger partial charge in [-0.25, -0.2) is 0 Å². The number of nitrogens with one attached hydrogen (secondary N) is 1. The minimum atomic E-state index is -0.711. The van der Waals surface area contributed by atoms with Crippen LogP contribution in [-0.2, 0) is 11.2 Å². The van der Waals surface area contributed by atoms with Gasteiger partial charge in [0.15, 0.2) is 0 Å². The lowest BCUT2D eigenvalue weighted by Crippen LogP contribution is -2.48. The first kappa shape index (κ1) is 17.5. The van der Waals surface area contributed by atoms with Gasteiger partial charge in [-0.05, 0) is 50.8 Å². The van der Waals surface area contributed by atoms with E-state index in [1.165, 1.54) is 0 Å². The van der Waals surface area contributed by atoms with Gasteiger partial charge in [0.1, 0.15) is 0 Å². The van der Waals surface area contributed by atoms with Crippen molar-refractivity contribution in [3.8, 4) is 0 Å². The third-order valence-electron chi connectivity index (χ3n) is 4.18. The Hall–Kier alpha value is -1.88. The summed E-state index contributed by atoms with van der Waals surface area (Å²) in [6, 6.07) is 7.50. The Labute approximate surface area is 137 Å². The van der Waals surface area contributed by atoms with E-state index in [-0.39, 0.29) is 17.9 Å². The Balaban J connectivity index is 1.95. The molecular formula is C18H26N2O3. The number of benzene rings is 1. The molecule has 2 amide bonds. The zero-order valence-electron chi connectivity index (χ0n) is 14.1. The molecule has 0 saturated carbocycles. The van der Waals surface area contributed by atoms with Crippen LogP contribution >= 0.6 is 0 Å². The number of rotatable bonds is 5. The zero-order chi connectivity index (χ0) is 17.0. The molecular weight excluding hydrogens is 292 g/mol. The topological polar surface area (TPSA) is 69.6 Å². The van der Waals surface area contributed by atoms with Gasteiger partial charge in [-0.2, -0.15) is 0 Å². The van der Waals surface area contributed by atoms with Crippen LogP contribution in [0.5, 0.6) is 0 Å². The average molecular weight is 318 g/mol. The van der Waals surface area contributed by atoms with Gasteiger partial charge in [0.05, 0.1) is 5.60 Å². The molecule has 0 aromatic heterocycles. The highest BCUT2D eigenvalue weighted by Gasteiger charge is 2.24. The first-order valence-corrected chi connectivity index (χ1v) is 8.11. The SMILES string of the molecule is CN1C[C@@H](NC(=O)c2cccc(CCC(C)(C)O)c2)CCC1=O. The minimum absolute atomic E-state index is 0.00484. The number of aliphatic hydroxyl groups is 1. The van der Waals surface area contributed by atoms with Crippen LogP contribution in [-0.4, -0.2) is 47.1 Å². The second-order valence-electron chi connectivity index (χ2n) is 7.00. The van der Waals surface area contributed by atoms with E-state index >= 15 is 0 Å². The molecule has 1 aromatic carbocycles. The molecule has 126 valence electrons. The molecule has 1 aliphatic rings. The molecule has 0 bridgehead atoms. The molecule has 5 nitrogen and oxygen atoms in total. The van der Waals surface area contributed by atoms with E-state index in [0.29, 0.717) is 31.4 Å². The van der Waals surface area contributed by atoms with E-state index in [4.69, 9.17) is 0 Å². The molecule has 0 spiro atoms. The smallest absolute Gasteiger partial charge is 0.251 e. The largest absolute Gasteiger partial charge is 0.390 e. The van der Waals surface area contributed by atoms with Gasteiger partial charge in [0, 0.05) is 31.6 Å². The monoisotopic (exact) mass is 318 g/mol. The Morgan fingerprint density at radius 3 is 2.83 bits per heavy atom. The van der Waals surface area contributed by atoms with Crippen LogP contribution in [0.25, 0.3) is 0 Å². The van der Waals surface area contributed by atoms with Gasteiger partial charge in [-0.1, -0.05) is 12.1 Å². The van der Waals surface area contributed by atoms with E-state index < -0.39 is 5.60 Å². The summed E-state index contributed by atoms with van der Waals surface area (Å²) in [7, 11) is 1.76. The summed E-state index contributed by atoms with van der Waals surface area (Å²) in [6.07, 6.45) is 2.54. The van der Waals surface area contributed by atoms with Crippen molar-refractivity contribution >= 4 is 11.8 Å². The molecule has 1 aromatic rings. The average Bonchev–Trinajstić information content (AvgIpc) is 2.48. The Morgan fingerprint density at radius 1 is 1.43 bits per heavy atom. The highest BCUT2D eigenvalue weighted by Crippen LogP contribution is 2.15. The molecule has 2 N–H and O–H groups in total. The van der Waals surface area contributed by atoms with E-state index in [1.807, 2.05) is 18.2 Å². The van der Waals surface area contributed by atoms with Crippen molar-refractivity contribution in [3.05, 3.63) is 35.4 Å². The summed E-state index contributed by atoms with van der Waals surface area (Å²) in [4.78, 5) is 25.5. The van der Waals surface area contributed by atoms with Crippen molar-refractivity contribution in [2.24, 2.45) is 0 Å². The third-order valence-corrected chi connectivity index (χ3v) is 4.18. The van der Waals surface area contributed by atoms with Crippen LogP contribution in [0.4, 0.5) is 0 Å². The number of likely N-dealkylation sites (N-methyl/N-ethyl adjacent to an activating group) is 1. The van der Waals surface area contributed by atoms with Gasteiger partial charge < -0.3 is 15.3 Å². The maximum atomic E-state index is 12.4. The summed E-state index contributed by atoms with van der Waals surface area (Å²) >= 11 is 0. The minimum Gasteiger partial charge on any atom is -0.390 e. The van der Waals surface area contributed by atoms with E-state index in [2.05, 4.69) is 5.32 Å². The number of nitrogens with zero attached hydrogens (tertiary/aromatic N) is 1. The number of hydrogen-bond acceptors (Lipinski definition) is 3. The van der Waals surface area contributed by atoms with Crippen molar-refractivity contribution in [2.45, 2.75) is 51.2 Å². The van der Waals surface area contributed by atoms with Crippen LogP contribution < -0.4 is 5.32 Å². The molecule has 0 aliphatic carbocycles. The Bertz CT molecular complexity index is 578. The first-order valence-electron chi connectivity index (χ1n) is 8.11. The quantitative estimate of drug-likeness (QED) is 0.869. The van der Waals surface area contributed by atoms with Gasteiger partial charge >= 0.3 is 0 Å². The van der Waals surface area contributed by atoms with Crippen molar-refractivity contribution in [1.82, 2.24) is 10.2 Å². The van der Waals surface area contributed by atoms with Crippen LogP contribution in [0.1, 0.15) is 49.0 Å². The lowest BCUT2D eigenvalue weighted by atomic mass is 9.97. The first-order chi connectivity index (χ1) is 10.7. The fourth-order valence-corrected chi connectivity index (χ4v) is 2.72. The maximum Gasteiger partial charge on any atom is 0.251 e. The highest BCUT2D eigenvalue weighted by atomic mass is 16.3. The molecule has 1 atom stereocenters. The molecule has 5 heteroatoms. The summed E-state index contributed by atoms with van der Waals surface area (Å²) < 4.78 is 0. The van der Waals surface area contributed by atoms with Crippen LogP contribution in [0.15, 0.2) is 24.3 Å². The van der Waals surface area contributed by atoms with E-state index in [1.54, 1.807) is 31.9 Å². The Morgan fingerprint density at radius 2 is 2.17 bits per heavy atom. The molecule has 1 fully saturated rings. The molecule has 0 unspecified atom stereocenters. The summed E-state index contributed by atoms with van der Waals surface area (Å²) in [6.45, 7) is 4.12. The van der Waals surface area contributed by atoms with Gasteiger partial charge in [-0.15, -0.1) is 0 Å². The predicted octanol–water partition coefficient (Wildman–Crippen LogP) is 1.74. The fourth-order valence-electron chi connectivity index (χ4n) is 2.72.